The first kappa shape index (κ1) is 20.5. The van der Waals surface area contributed by atoms with Crippen molar-refractivity contribution in [3.63, 3.8) is 0 Å². The number of rotatable bonds is 5. The minimum absolute atomic E-state index is 0.0616. The highest BCUT2D eigenvalue weighted by atomic mass is 35.5. The molecule has 0 saturated carbocycles. The van der Waals surface area contributed by atoms with Gasteiger partial charge in [-0.25, -0.2) is 9.97 Å². The van der Waals surface area contributed by atoms with E-state index in [-0.39, 0.29) is 18.0 Å². The molecule has 0 aliphatic carbocycles. The van der Waals surface area contributed by atoms with Crippen molar-refractivity contribution in [2.24, 2.45) is 0 Å². The zero-order valence-electron chi connectivity index (χ0n) is 17.0. The number of aryl methyl sites for hydroxylation is 3. The summed E-state index contributed by atoms with van der Waals surface area (Å²) < 4.78 is 1.96. The predicted octanol–water partition coefficient (Wildman–Crippen LogP) is 3.94. The van der Waals surface area contributed by atoms with Gasteiger partial charge in [0.2, 0.25) is 5.91 Å². The van der Waals surface area contributed by atoms with E-state index in [1.165, 1.54) is 15.9 Å². The van der Waals surface area contributed by atoms with Crippen LogP contribution in [-0.4, -0.2) is 27.0 Å². The molecule has 0 bridgehead atoms. The number of halogens is 1. The van der Waals surface area contributed by atoms with Gasteiger partial charge in [-0.2, -0.15) is 0 Å². The van der Waals surface area contributed by atoms with Crippen LogP contribution in [0, 0.1) is 20.8 Å². The maximum atomic E-state index is 13.1. The van der Waals surface area contributed by atoms with Crippen LogP contribution in [0.1, 0.15) is 22.6 Å². The normalized spacial score (nSPS) is 11.3. The molecule has 0 unspecified atom stereocenters. The van der Waals surface area contributed by atoms with E-state index < -0.39 is 0 Å². The number of nitrogens with one attached hydrogen (secondary N) is 1. The van der Waals surface area contributed by atoms with Crippen LogP contribution in [0.4, 0.5) is 0 Å². The molecule has 30 heavy (non-hydrogen) atoms. The molecule has 0 atom stereocenters. The molecule has 3 aromatic heterocycles. The lowest BCUT2D eigenvalue weighted by atomic mass is 10.1. The highest BCUT2D eigenvalue weighted by molar-refractivity contribution is 7.25. The summed E-state index contributed by atoms with van der Waals surface area (Å²) in [7, 11) is 0. The molecule has 4 rings (SSSR count). The standard InChI is InChI=1S/C22H21ClN4O2S/c1-12-10-13(2)25-21-18(12)19-20(30-21)22(29)27(14(3)26-19)11-17(28)24-9-8-15-4-6-16(23)7-5-15/h4-7,10H,8-9,11H2,1-3H3,(H,24,28). The second-order valence-corrected chi connectivity index (χ2v) is 8.75. The summed E-state index contributed by atoms with van der Waals surface area (Å²) in [6.45, 7) is 6.10. The summed E-state index contributed by atoms with van der Waals surface area (Å²) in [5.41, 5.74) is 3.50. The molecule has 6 nitrogen and oxygen atoms in total. The Morgan fingerprint density at radius 2 is 1.90 bits per heavy atom. The second kappa shape index (κ2) is 8.16. The topological polar surface area (TPSA) is 76.9 Å². The van der Waals surface area contributed by atoms with Crippen LogP contribution in [0.25, 0.3) is 20.4 Å². The fourth-order valence-electron chi connectivity index (χ4n) is 3.55. The highest BCUT2D eigenvalue weighted by Gasteiger charge is 2.18. The van der Waals surface area contributed by atoms with Gasteiger partial charge in [0, 0.05) is 22.6 Å². The van der Waals surface area contributed by atoms with Gasteiger partial charge < -0.3 is 5.32 Å². The molecule has 3 heterocycles. The van der Waals surface area contributed by atoms with E-state index in [1.807, 2.05) is 44.2 Å². The van der Waals surface area contributed by atoms with Gasteiger partial charge in [-0.15, -0.1) is 11.3 Å². The van der Waals surface area contributed by atoms with Crippen molar-refractivity contribution in [1.29, 1.82) is 0 Å². The number of carbonyl (C=O) groups is 1. The molecule has 0 saturated heterocycles. The van der Waals surface area contributed by atoms with Gasteiger partial charge in [-0.3, -0.25) is 14.2 Å². The third kappa shape index (κ3) is 3.95. The van der Waals surface area contributed by atoms with Crippen molar-refractivity contribution < 1.29 is 4.79 Å². The molecule has 1 amide bonds. The number of thiophene rings is 1. The quantitative estimate of drug-likeness (QED) is 0.510. The number of carbonyl (C=O) groups excluding carboxylic acids is 1. The number of benzene rings is 1. The van der Waals surface area contributed by atoms with E-state index in [9.17, 15) is 9.59 Å². The van der Waals surface area contributed by atoms with Gasteiger partial charge in [0.15, 0.2) is 0 Å². The van der Waals surface area contributed by atoms with Gasteiger partial charge in [-0.05, 0) is 56.5 Å². The zero-order chi connectivity index (χ0) is 21.4. The van der Waals surface area contributed by atoms with E-state index in [1.54, 1.807) is 6.92 Å². The van der Waals surface area contributed by atoms with Crippen molar-refractivity contribution in [3.8, 4) is 0 Å². The summed E-state index contributed by atoms with van der Waals surface area (Å²) >= 11 is 7.22. The fourth-order valence-corrected chi connectivity index (χ4v) is 4.86. The van der Waals surface area contributed by atoms with Crippen molar-refractivity contribution in [2.45, 2.75) is 33.7 Å². The SMILES string of the molecule is Cc1cc(C)c2c(n1)sc1c(=O)n(CC(=O)NCCc3ccc(Cl)cc3)c(C)nc12. The summed E-state index contributed by atoms with van der Waals surface area (Å²) in [5, 5.41) is 4.47. The Bertz CT molecular complexity index is 1330. The molecule has 0 aliphatic heterocycles. The minimum atomic E-state index is -0.221. The Labute approximate surface area is 182 Å². The van der Waals surface area contributed by atoms with Crippen molar-refractivity contribution >= 4 is 49.3 Å². The van der Waals surface area contributed by atoms with Crippen LogP contribution in [0.2, 0.25) is 5.02 Å². The molecular weight excluding hydrogens is 420 g/mol. The van der Waals surface area contributed by atoms with Gasteiger partial charge in [0.25, 0.3) is 5.56 Å². The lowest BCUT2D eigenvalue weighted by Crippen LogP contribution is -2.34. The van der Waals surface area contributed by atoms with Crippen molar-refractivity contribution in [2.75, 3.05) is 6.54 Å². The highest BCUT2D eigenvalue weighted by Crippen LogP contribution is 2.32. The molecular formula is C22H21ClN4O2S. The first-order chi connectivity index (χ1) is 14.3. The molecule has 0 aliphatic rings. The predicted molar refractivity (Wildman–Crippen MR) is 122 cm³/mol. The molecule has 4 aromatic rings. The third-order valence-electron chi connectivity index (χ3n) is 5.02. The molecule has 1 N–H and O–H groups in total. The third-order valence-corrected chi connectivity index (χ3v) is 6.33. The van der Waals surface area contributed by atoms with Crippen molar-refractivity contribution in [1.82, 2.24) is 19.9 Å². The second-order valence-electron chi connectivity index (χ2n) is 7.32. The first-order valence-electron chi connectivity index (χ1n) is 9.62. The molecule has 0 radical (unpaired) electrons. The summed E-state index contributed by atoms with van der Waals surface area (Å²) in [4.78, 5) is 35.5. The number of fused-ring (bicyclic) bond motifs is 3. The van der Waals surface area contributed by atoms with Gasteiger partial charge in [0.1, 0.15) is 21.9 Å². The van der Waals surface area contributed by atoms with Gasteiger partial charge in [-0.1, -0.05) is 23.7 Å². The molecule has 154 valence electrons. The van der Waals surface area contributed by atoms with Crippen LogP contribution in [0.15, 0.2) is 35.1 Å². The number of nitrogens with zero attached hydrogens (tertiary/aromatic N) is 3. The van der Waals surface area contributed by atoms with Crippen LogP contribution < -0.4 is 10.9 Å². The number of hydrogen-bond donors (Lipinski definition) is 1. The summed E-state index contributed by atoms with van der Waals surface area (Å²) in [5.74, 6) is 0.293. The van der Waals surface area contributed by atoms with Crippen LogP contribution in [0.5, 0.6) is 0 Å². The smallest absolute Gasteiger partial charge is 0.272 e. The van der Waals surface area contributed by atoms with E-state index in [0.717, 1.165) is 27.0 Å². The molecule has 1 aromatic carbocycles. The van der Waals surface area contributed by atoms with Crippen LogP contribution >= 0.6 is 22.9 Å². The zero-order valence-corrected chi connectivity index (χ0v) is 18.5. The Morgan fingerprint density at radius 1 is 1.17 bits per heavy atom. The van der Waals surface area contributed by atoms with Gasteiger partial charge in [0.05, 0.1) is 5.52 Å². The van der Waals surface area contributed by atoms with Crippen molar-refractivity contribution in [3.05, 3.63) is 68.4 Å². The van der Waals surface area contributed by atoms with Crippen LogP contribution in [-0.2, 0) is 17.8 Å². The van der Waals surface area contributed by atoms with Crippen LogP contribution in [0.3, 0.4) is 0 Å². The average molecular weight is 441 g/mol. The lowest BCUT2D eigenvalue weighted by Gasteiger charge is -2.10. The molecule has 0 spiro atoms. The van der Waals surface area contributed by atoms with E-state index in [4.69, 9.17) is 11.6 Å². The number of aromatic nitrogens is 3. The van der Waals surface area contributed by atoms with E-state index in [0.29, 0.717) is 34.0 Å². The van der Waals surface area contributed by atoms with E-state index >= 15 is 0 Å². The average Bonchev–Trinajstić information content (AvgIpc) is 3.05. The lowest BCUT2D eigenvalue weighted by molar-refractivity contribution is -0.121. The Kier molecular flexibility index (Phi) is 5.58. The monoisotopic (exact) mass is 440 g/mol. The molecule has 8 heteroatoms. The minimum Gasteiger partial charge on any atom is -0.354 e. The summed E-state index contributed by atoms with van der Waals surface area (Å²) in [6, 6.07) is 9.50. The maximum Gasteiger partial charge on any atom is 0.272 e. The van der Waals surface area contributed by atoms with E-state index in [2.05, 4.69) is 15.3 Å². The Balaban J connectivity index is 1.55. The fraction of sp³-hybridized carbons (Fsp3) is 0.273. The Morgan fingerprint density at radius 3 is 2.63 bits per heavy atom. The number of amides is 1. The van der Waals surface area contributed by atoms with Gasteiger partial charge >= 0.3 is 0 Å². The number of pyridine rings is 1. The summed E-state index contributed by atoms with van der Waals surface area (Å²) in [6.07, 6.45) is 0.689. The Hall–Kier alpha value is -2.77. The number of hydrogen-bond acceptors (Lipinski definition) is 5. The first-order valence-corrected chi connectivity index (χ1v) is 10.8. The molecule has 0 fully saturated rings. The maximum absolute atomic E-state index is 13.1. The largest absolute Gasteiger partial charge is 0.354 e.